The number of carbonyl (C=O) groups excluding carboxylic acids is 1. The second-order valence-electron chi connectivity index (χ2n) is 5.44. The number of anilines is 1. The Morgan fingerprint density at radius 3 is 2.46 bits per heavy atom. The monoisotopic (exact) mass is 320 g/mol. The molecule has 0 fully saturated rings. The Balaban J connectivity index is 1.53. The number of amides is 1. The molecule has 0 aliphatic heterocycles. The number of rotatable bonds is 6. The van der Waals surface area contributed by atoms with Crippen molar-refractivity contribution in [2.75, 3.05) is 25.5 Å². The summed E-state index contributed by atoms with van der Waals surface area (Å²) in [7, 11) is 1.61. The Morgan fingerprint density at radius 2 is 1.67 bits per heavy atom. The summed E-state index contributed by atoms with van der Waals surface area (Å²) in [5, 5.41) is 8.67. The van der Waals surface area contributed by atoms with Gasteiger partial charge in [0.15, 0.2) is 0 Å². The summed E-state index contributed by atoms with van der Waals surface area (Å²) in [6, 6.07) is 21.5. The van der Waals surface area contributed by atoms with Crippen LogP contribution in [0.5, 0.6) is 5.75 Å². The van der Waals surface area contributed by atoms with Crippen molar-refractivity contribution in [2.45, 2.75) is 0 Å². The normalized spacial score (nSPS) is 10.4. The van der Waals surface area contributed by atoms with Crippen LogP contribution < -0.4 is 15.4 Å². The fourth-order valence-electron chi connectivity index (χ4n) is 2.60. The molecule has 4 heteroatoms. The molecule has 0 radical (unpaired) electrons. The molecule has 0 aliphatic carbocycles. The maximum Gasteiger partial charge on any atom is 0.251 e. The van der Waals surface area contributed by atoms with Gasteiger partial charge in [-0.3, -0.25) is 4.79 Å². The van der Waals surface area contributed by atoms with Crippen molar-refractivity contribution in [1.82, 2.24) is 5.32 Å². The number of methoxy groups -OCH3 is 1. The molecule has 2 N–H and O–H groups in total. The van der Waals surface area contributed by atoms with Crippen LogP contribution in [0.25, 0.3) is 10.8 Å². The second-order valence-corrected chi connectivity index (χ2v) is 5.44. The number of hydrogen-bond donors (Lipinski definition) is 2. The van der Waals surface area contributed by atoms with Gasteiger partial charge in [0.05, 0.1) is 7.11 Å². The van der Waals surface area contributed by atoms with Gasteiger partial charge in [0.25, 0.3) is 5.91 Å². The quantitative estimate of drug-likeness (QED) is 0.681. The SMILES string of the molecule is COc1ccc(C(=O)NCCNc2cccc3ccccc23)cc1. The summed E-state index contributed by atoms with van der Waals surface area (Å²) < 4.78 is 5.09. The van der Waals surface area contributed by atoms with E-state index in [0.717, 1.165) is 11.4 Å². The van der Waals surface area contributed by atoms with Gasteiger partial charge < -0.3 is 15.4 Å². The lowest BCUT2D eigenvalue weighted by Gasteiger charge is -2.11. The summed E-state index contributed by atoms with van der Waals surface area (Å²) in [6.07, 6.45) is 0. The van der Waals surface area contributed by atoms with Gasteiger partial charge in [-0.2, -0.15) is 0 Å². The average Bonchev–Trinajstić information content (AvgIpc) is 2.65. The first-order valence-electron chi connectivity index (χ1n) is 7.92. The minimum atomic E-state index is -0.0858. The first kappa shape index (κ1) is 15.9. The zero-order valence-corrected chi connectivity index (χ0v) is 13.6. The molecule has 3 aromatic carbocycles. The molecule has 0 unspecified atom stereocenters. The van der Waals surface area contributed by atoms with Crippen molar-refractivity contribution in [3.63, 3.8) is 0 Å². The number of benzene rings is 3. The first-order chi connectivity index (χ1) is 11.8. The lowest BCUT2D eigenvalue weighted by Crippen LogP contribution is -2.28. The summed E-state index contributed by atoms with van der Waals surface area (Å²) in [5.74, 6) is 0.654. The van der Waals surface area contributed by atoms with Gasteiger partial charge >= 0.3 is 0 Å². The number of nitrogens with one attached hydrogen (secondary N) is 2. The molecule has 4 nitrogen and oxygen atoms in total. The zero-order chi connectivity index (χ0) is 16.8. The fourth-order valence-corrected chi connectivity index (χ4v) is 2.60. The third-order valence-corrected chi connectivity index (χ3v) is 3.87. The van der Waals surface area contributed by atoms with Gasteiger partial charge in [0, 0.05) is 29.7 Å². The molecular weight excluding hydrogens is 300 g/mol. The molecule has 3 rings (SSSR count). The minimum absolute atomic E-state index is 0.0858. The molecule has 0 aliphatic rings. The van der Waals surface area contributed by atoms with Crippen molar-refractivity contribution in [3.8, 4) is 5.75 Å². The standard InChI is InChI=1S/C20H20N2O2/c1-24-17-11-9-16(10-12-17)20(23)22-14-13-21-19-8-4-6-15-5-2-3-7-18(15)19/h2-12,21H,13-14H2,1H3,(H,22,23). The highest BCUT2D eigenvalue weighted by Crippen LogP contribution is 2.22. The molecule has 1 amide bonds. The van der Waals surface area contributed by atoms with Gasteiger partial charge in [-0.1, -0.05) is 36.4 Å². The maximum absolute atomic E-state index is 12.1. The lowest BCUT2D eigenvalue weighted by atomic mass is 10.1. The predicted molar refractivity (Wildman–Crippen MR) is 97.8 cm³/mol. The highest BCUT2D eigenvalue weighted by molar-refractivity contribution is 5.95. The van der Waals surface area contributed by atoms with Crippen LogP contribution in [0.1, 0.15) is 10.4 Å². The van der Waals surface area contributed by atoms with E-state index in [2.05, 4.69) is 28.8 Å². The molecule has 24 heavy (non-hydrogen) atoms. The molecule has 0 saturated carbocycles. The zero-order valence-electron chi connectivity index (χ0n) is 13.6. The Bertz CT molecular complexity index is 823. The summed E-state index contributed by atoms with van der Waals surface area (Å²) in [4.78, 5) is 12.1. The van der Waals surface area contributed by atoms with Crippen molar-refractivity contribution in [1.29, 1.82) is 0 Å². The smallest absolute Gasteiger partial charge is 0.251 e. The molecule has 0 saturated heterocycles. The Morgan fingerprint density at radius 1 is 0.917 bits per heavy atom. The van der Waals surface area contributed by atoms with Gasteiger partial charge in [-0.15, -0.1) is 0 Å². The number of fused-ring (bicyclic) bond motifs is 1. The Hall–Kier alpha value is -3.01. The first-order valence-corrected chi connectivity index (χ1v) is 7.92. The van der Waals surface area contributed by atoms with E-state index < -0.39 is 0 Å². The van der Waals surface area contributed by atoms with E-state index in [-0.39, 0.29) is 5.91 Å². The van der Waals surface area contributed by atoms with Gasteiger partial charge in [-0.25, -0.2) is 0 Å². The van der Waals surface area contributed by atoms with E-state index in [4.69, 9.17) is 4.74 Å². The topological polar surface area (TPSA) is 50.4 Å². The van der Waals surface area contributed by atoms with Crippen LogP contribution in [0.4, 0.5) is 5.69 Å². The van der Waals surface area contributed by atoms with Crippen molar-refractivity contribution in [3.05, 3.63) is 72.3 Å². The van der Waals surface area contributed by atoms with E-state index in [1.807, 2.05) is 24.3 Å². The molecule has 0 heterocycles. The lowest BCUT2D eigenvalue weighted by molar-refractivity contribution is 0.0955. The summed E-state index contributed by atoms with van der Waals surface area (Å²) in [5.41, 5.74) is 1.70. The van der Waals surface area contributed by atoms with E-state index in [1.165, 1.54) is 10.8 Å². The Kier molecular flexibility index (Phi) is 4.96. The van der Waals surface area contributed by atoms with Crippen LogP contribution in [0.2, 0.25) is 0 Å². The molecule has 0 spiro atoms. The average molecular weight is 320 g/mol. The summed E-state index contributed by atoms with van der Waals surface area (Å²) in [6.45, 7) is 1.21. The highest BCUT2D eigenvalue weighted by atomic mass is 16.5. The fraction of sp³-hybridized carbons (Fsp3) is 0.150. The number of ether oxygens (including phenoxy) is 1. The van der Waals surface area contributed by atoms with E-state index >= 15 is 0 Å². The molecular formula is C20H20N2O2. The third kappa shape index (κ3) is 3.66. The van der Waals surface area contributed by atoms with Crippen LogP contribution in [0.15, 0.2) is 66.7 Å². The van der Waals surface area contributed by atoms with Crippen LogP contribution in [-0.4, -0.2) is 26.1 Å². The number of carbonyl (C=O) groups is 1. The second kappa shape index (κ2) is 7.51. The van der Waals surface area contributed by atoms with Gasteiger partial charge in [0.1, 0.15) is 5.75 Å². The van der Waals surface area contributed by atoms with E-state index in [0.29, 0.717) is 18.7 Å². The minimum Gasteiger partial charge on any atom is -0.497 e. The van der Waals surface area contributed by atoms with Crippen LogP contribution in [0, 0.1) is 0 Å². The third-order valence-electron chi connectivity index (χ3n) is 3.87. The van der Waals surface area contributed by atoms with Crippen molar-refractivity contribution < 1.29 is 9.53 Å². The van der Waals surface area contributed by atoms with Crippen molar-refractivity contribution in [2.24, 2.45) is 0 Å². The molecule has 3 aromatic rings. The van der Waals surface area contributed by atoms with Crippen LogP contribution in [-0.2, 0) is 0 Å². The largest absolute Gasteiger partial charge is 0.497 e. The molecule has 0 aromatic heterocycles. The van der Waals surface area contributed by atoms with Crippen LogP contribution in [0.3, 0.4) is 0 Å². The van der Waals surface area contributed by atoms with Gasteiger partial charge in [0.2, 0.25) is 0 Å². The van der Waals surface area contributed by atoms with E-state index in [1.54, 1.807) is 31.4 Å². The van der Waals surface area contributed by atoms with Crippen molar-refractivity contribution >= 4 is 22.4 Å². The molecule has 0 atom stereocenters. The van der Waals surface area contributed by atoms with Gasteiger partial charge in [-0.05, 0) is 35.7 Å². The summed E-state index contributed by atoms with van der Waals surface area (Å²) >= 11 is 0. The molecule has 0 bridgehead atoms. The number of hydrogen-bond acceptors (Lipinski definition) is 3. The van der Waals surface area contributed by atoms with Crippen LogP contribution >= 0.6 is 0 Å². The predicted octanol–water partition coefficient (Wildman–Crippen LogP) is 3.69. The Labute approximate surface area is 141 Å². The van der Waals surface area contributed by atoms with E-state index in [9.17, 15) is 4.79 Å². The highest BCUT2D eigenvalue weighted by Gasteiger charge is 2.05. The molecule has 122 valence electrons. The maximum atomic E-state index is 12.1.